The summed E-state index contributed by atoms with van der Waals surface area (Å²) >= 11 is 0. The maximum absolute atomic E-state index is 9.00. The number of carboxylic acid groups (broad SMARTS) is 5. The van der Waals surface area contributed by atoms with E-state index >= 15 is 0 Å². The normalized spacial score (nSPS) is 7.41. The third-order valence-corrected chi connectivity index (χ3v) is 0.616. The van der Waals surface area contributed by atoms with Crippen molar-refractivity contribution >= 4 is 29.8 Å². The summed E-state index contributed by atoms with van der Waals surface area (Å²) in [5, 5.41) is 40.6. The summed E-state index contributed by atoms with van der Waals surface area (Å²) in [6.45, 7) is 6.21. The van der Waals surface area contributed by atoms with Crippen LogP contribution in [0, 0.1) is 0 Å². The number of carbonyl (C=O) groups excluding carboxylic acids is 1. The molecule has 0 aromatic carbocycles. The molecule has 0 amide bonds. The molecule has 0 saturated heterocycles. The van der Waals surface area contributed by atoms with Gasteiger partial charge in [-0.3, -0.25) is 42.5 Å². The molecule has 0 atom stereocenters. The van der Waals surface area contributed by atoms with Gasteiger partial charge in [0.15, 0.2) is 0 Å². The number of carbonyl (C=O) groups is 5. The molecule has 12 N–H and O–H groups in total. The van der Waals surface area contributed by atoms with Gasteiger partial charge in [0.05, 0.1) is 0 Å². The predicted molar refractivity (Wildman–Crippen MR) is 94.1 cm³/mol. The van der Waals surface area contributed by atoms with Gasteiger partial charge in [-0.1, -0.05) is 0 Å². The average Bonchev–Trinajstić information content (AvgIpc) is 2.32. The predicted octanol–water partition coefficient (Wildman–Crippen LogP) is -6.79. The first-order valence-electron chi connectivity index (χ1n) is 6.78. The molecule has 0 aromatic rings. The maximum Gasteiger partial charge on any atom is 1.00 e. The van der Waals surface area contributed by atoms with Crippen LogP contribution in [0.25, 0.3) is 0 Å². The molecule has 0 rings (SSSR count). The summed E-state index contributed by atoms with van der Waals surface area (Å²) in [5.74, 6) is 15.6. The minimum atomic E-state index is -1.08. The Labute approximate surface area is 190 Å². The van der Waals surface area contributed by atoms with Crippen LogP contribution in [0.2, 0.25) is 0 Å². The van der Waals surface area contributed by atoms with E-state index < -0.39 is 29.8 Å². The molecular formula is C12H31N6NaO10. The van der Waals surface area contributed by atoms with Crippen LogP contribution < -0.4 is 58.0 Å². The summed E-state index contributed by atoms with van der Waals surface area (Å²) in [7, 11) is 0. The van der Waals surface area contributed by atoms with Crippen molar-refractivity contribution in [1.82, 2.24) is 10.2 Å². The van der Waals surface area contributed by atoms with E-state index in [-0.39, 0.29) is 29.6 Å². The fraction of sp³-hybridized carbons (Fsp3) is 0.583. The smallest absolute Gasteiger partial charge is 0.550 e. The molecule has 0 aliphatic carbocycles. The molecule has 0 aliphatic heterocycles. The molecular weight excluding hydrogens is 411 g/mol. The second-order valence-corrected chi connectivity index (χ2v) is 4.04. The quantitative estimate of drug-likeness (QED) is 0.114. The molecule has 0 spiro atoms. The van der Waals surface area contributed by atoms with Gasteiger partial charge in [0.2, 0.25) is 0 Å². The number of nitrogens with two attached hydrogens (primary N) is 4. The zero-order chi connectivity index (χ0) is 24.5. The maximum atomic E-state index is 9.00. The molecule has 0 aromatic heterocycles. The Balaban J connectivity index is -0.0000000411. The van der Waals surface area contributed by atoms with E-state index in [1.54, 1.807) is 0 Å². The van der Waals surface area contributed by atoms with Crippen molar-refractivity contribution in [3.63, 3.8) is 0 Å². The van der Waals surface area contributed by atoms with Crippen LogP contribution in [-0.4, -0.2) is 73.6 Å². The van der Waals surface area contributed by atoms with Gasteiger partial charge in [-0.2, -0.15) is 10.2 Å². The zero-order valence-corrected chi connectivity index (χ0v) is 19.4. The van der Waals surface area contributed by atoms with E-state index in [4.69, 9.17) is 72.9 Å². The van der Waals surface area contributed by atoms with Crippen LogP contribution >= 0.6 is 0 Å². The van der Waals surface area contributed by atoms with Crippen molar-refractivity contribution in [2.45, 2.75) is 34.6 Å². The van der Waals surface area contributed by atoms with Gasteiger partial charge in [-0.25, -0.2) is 0 Å². The molecule has 170 valence electrons. The summed E-state index contributed by atoms with van der Waals surface area (Å²) in [4.78, 5) is 44.9. The van der Waals surface area contributed by atoms with Crippen LogP contribution in [0.15, 0.2) is 0 Å². The molecule has 29 heavy (non-hydrogen) atoms. The summed E-state index contributed by atoms with van der Waals surface area (Å²) < 4.78 is 0. The topological polar surface area (TPSA) is 300 Å². The number of rotatable bonds is 3. The van der Waals surface area contributed by atoms with Crippen LogP contribution in [-0.2, 0) is 24.0 Å². The number of hydrogen-bond donors (Lipinski definition) is 8. The van der Waals surface area contributed by atoms with E-state index in [2.05, 4.69) is 0 Å². The van der Waals surface area contributed by atoms with Crippen molar-refractivity contribution in [2.75, 3.05) is 13.1 Å². The Hall–Kier alpha value is -1.89. The van der Waals surface area contributed by atoms with Gasteiger partial charge in [-0.15, -0.1) is 0 Å². The van der Waals surface area contributed by atoms with E-state index in [1.807, 2.05) is 0 Å². The van der Waals surface area contributed by atoms with Crippen molar-refractivity contribution in [3.8, 4) is 0 Å². The third kappa shape index (κ3) is 1570. The van der Waals surface area contributed by atoms with E-state index in [1.165, 1.54) is 0 Å². The Bertz CT molecular complexity index is 326. The number of nitrogens with zero attached hydrogens (tertiary/aromatic N) is 2. The fourth-order valence-electron chi connectivity index (χ4n) is 0.231. The largest absolute Gasteiger partial charge is 1.00 e. The molecule has 0 saturated carbocycles. The van der Waals surface area contributed by atoms with Crippen molar-refractivity contribution in [2.24, 2.45) is 23.4 Å². The first-order chi connectivity index (χ1) is 12.3. The van der Waals surface area contributed by atoms with Gasteiger partial charge in [0.1, 0.15) is 0 Å². The molecule has 0 unspecified atom stereocenters. The van der Waals surface area contributed by atoms with E-state index in [0.29, 0.717) is 13.1 Å². The van der Waals surface area contributed by atoms with Crippen molar-refractivity contribution in [3.05, 3.63) is 0 Å². The van der Waals surface area contributed by atoms with Crippen LogP contribution in [0.1, 0.15) is 34.6 Å². The van der Waals surface area contributed by atoms with Gasteiger partial charge < -0.3 is 30.3 Å². The van der Waals surface area contributed by atoms with E-state index in [0.717, 1.165) is 44.9 Å². The second kappa shape index (κ2) is 36.9. The Kier molecular flexibility index (Phi) is 58.2. The first kappa shape index (κ1) is 45.7. The Morgan fingerprint density at radius 1 is 0.621 bits per heavy atom. The second-order valence-electron chi connectivity index (χ2n) is 4.04. The Morgan fingerprint density at radius 2 is 0.690 bits per heavy atom. The van der Waals surface area contributed by atoms with Crippen molar-refractivity contribution in [1.29, 1.82) is 0 Å². The fourth-order valence-corrected chi connectivity index (χ4v) is 0.231. The van der Waals surface area contributed by atoms with Gasteiger partial charge in [-0.05, 0) is 6.92 Å². The first-order valence-corrected chi connectivity index (χ1v) is 6.78. The number of aliphatic carboxylic acids is 5. The Morgan fingerprint density at radius 3 is 0.724 bits per heavy atom. The zero-order valence-electron chi connectivity index (χ0n) is 17.4. The average molecular weight is 442 g/mol. The molecule has 0 heterocycles. The van der Waals surface area contributed by atoms with Crippen molar-refractivity contribution < 1.29 is 79.1 Å². The molecule has 0 bridgehead atoms. The minimum Gasteiger partial charge on any atom is -0.550 e. The third-order valence-electron chi connectivity index (χ3n) is 0.616. The van der Waals surface area contributed by atoms with Crippen LogP contribution in [0.3, 0.4) is 0 Å². The van der Waals surface area contributed by atoms with Gasteiger partial charge in [0.25, 0.3) is 23.9 Å². The van der Waals surface area contributed by atoms with Gasteiger partial charge >= 0.3 is 29.6 Å². The number of hydrazine groups is 4. The van der Waals surface area contributed by atoms with Crippen LogP contribution in [0.5, 0.6) is 0 Å². The molecule has 17 heteroatoms. The molecule has 16 nitrogen and oxygen atoms in total. The monoisotopic (exact) mass is 442 g/mol. The molecule has 0 fully saturated rings. The SMILES string of the molecule is CC(=O)O.CC(=O)O.CC(=O)O.CC(=O)O.CC(=O)[O-].NN(N)CCN(N)N.[Na+]. The summed E-state index contributed by atoms with van der Waals surface area (Å²) in [5.41, 5.74) is 0. The standard InChI is InChI=1S/C2H12N6.5C2H4O2.Na/c3-7(4)1-2-8(5)6;5*1-2(3)4;/h1-6H2;5*1H3,(H,3,4);/q;;;;;;+1/p-1. The molecule has 0 aliphatic rings. The summed E-state index contributed by atoms with van der Waals surface area (Å²) in [6, 6.07) is 0. The minimum absolute atomic E-state index is 0. The summed E-state index contributed by atoms with van der Waals surface area (Å²) in [6.07, 6.45) is 0. The molecule has 0 radical (unpaired) electrons. The number of hydrogen-bond acceptors (Lipinski definition) is 12. The van der Waals surface area contributed by atoms with Crippen LogP contribution in [0.4, 0.5) is 0 Å². The van der Waals surface area contributed by atoms with E-state index in [9.17, 15) is 0 Å². The number of carboxylic acids is 5. The van der Waals surface area contributed by atoms with Gasteiger partial charge in [0, 0.05) is 46.8 Å².